The number of benzene rings is 1. The number of hydrogen-bond acceptors (Lipinski definition) is 8. The molecular weight excluding hydrogens is 436 g/mol. The van der Waals surface area contributed by atoms with Gasteiger partial charge >= 0.3 is 0 Å². The summed E-state index contributed by atoms with van der Waals surface area (Å²) in [5, 5.41) is 21.9. The first-order valence-corrected chi connectivity index (χ1v) is 11.5. The summed E-state index contributed by atoms with van der Waals surface area (Å²) in [6, 6.07) is 12.6. The van der Waals surface area contributed by atoms with Crippen LogP contribution in [0.1, 0.15) is 44.1 Å². The lowest BCUT2D eigenvalue weighted by molar-refractivity contribution is -0.126. The topological polar surface area (TPSA) is 127 Å². The Morgan fingerprint density at radius 2 is 1.91 bits per heavy atom. The molecule has 3 heterocycles. The Morgan fingerprint density at radius 3 is 2.62 bits per heavy atom. The van der Waals surface area contributed by atoms with Crippen molar-refractivity contribution in [3.05, 3.63) is 60.0 Å². The first kappa shape index (κ1) is 24.1. The number of aliphatic hydroxyl groups is 1. The quantitative estimate of drug-likeness (QED) is 0.383. The van der Waals surface area contributed by atoms with Crippen LogP contribution >= 0.6 is 0 Å². The van der Waals surface area contributed by atoms with E-state index in [0.29, 0.717) is 23.8 Å². The minimum Gasteiger partial charge on any atom is -0.450 e. The van der Waals surface area contributed by atoms with Crippen molar-refractivity contribution >= 4 is 11.6 Å². The van der Waals surface area contributed by atoms with Crippen LogP contribution in [0.25, 0.3) is 5.65 Å². The number of pyridine rings is 1. The number of nitrogens with two attached hydrogens (primary N) is 1. The second kappa shape index (κ2) is 10.5. The Balaban J connectivity index is 1.55. The number of aliphatic hydroxyl groups excluding tert-OH is 1. The van der Waals surface area contributed by atoms with Crippen LogP contribution in [0.4, 0.5) is 0 Å². The Hall–Kier alpha value is -3.05. The second-order valence-corrected chi connectivity index (χ2v) is 9.09. The molecule has 1 aliphatic heterocycles. The molecule has 10 heteroatoms. The van der Waals surface area contributed by atoms with Crippen LogP contribution in [0.3, 0.4) is 0 Å². The molecule has 1 saturated heterocycles. The van der Waals surface area contributed by atoms with Gasteiger partial charge in [0.25, 0.3) is 6.41 Å². The van der Waals surface area contributed by atoms with Gasteiger partial charge in [-0.3, -0.25) is 9.20 Å². The Morgan fingerprint density at radius 1 is 1.18 bits per heavy atom. The number of nitrogens with one attached hydrogen (secondary N) is 1. The Bertz CT molecular complexity index is 1090. The van der Waals surface area contributed by atoms with Gasteiger partial charge in [0, 0.05) is 13.1 Å². The van der Waals surface area contributed by atoms with E-state index in [4.69, 9.17) is 15.2 Å². The van der Waals surface area contributed by atoms with E-state index in [2.05, 4.69) is 15.5 Å². The first-order valence-electron chi connectivity index (χ1n) is 11.5. The van der Waals surface area contributed by atoms with Crippen molar-refractivity contribution in [2.45, 2.75) is 51.3 Å². The van der Waals surface area contributed by atoms with Gasteiger partial charge in [-0.05, 0) is 44.4 Å². The molecule has 3 aromatic rings. The normalized spacial score (nSPS) is 16.5. The van der Waals surface area contributed by atoms with Crippen molar-refractivity contribution in [3.8, 4) is 5.75 Å². The third-order valence-corrected chi connectivity index (χ3v) is 5.69. The Kier molecular flexibility index (Phi) is 7.42. The summed E-state index contributed by atoms with van der Waals surface area (Å²) in [5.74, 6) is 0.596. The number of rotatable bonds is 10. The molecule has 4 N–H and O–H groups in total. The van der Waals surface area contributed by atoms with E-state index < -0.39 is 18.0 Å². The zero-order valence-corrected chi connectivity index (χ0v) is 19.6. The summed E-state index contributed by atoms with van der Waals surface area (Å²) >= 11 is 0. The summed E-state index contributed by atoms with van der Waals surface area (Å²) < 4.78 is 13.4. The SMILES string of the molecule is CC(C)(N)C(=O)N[C@H](COCc1ccccc1)c1nnc2ccc(OC(O)N3CCCC3)cn12. The van der Waals surface area contributed by atoms with Crippen molar-refractivity contribution in [2.75, 3.05) is 19.7 Å². The largest absolute Gasteiger partial charge is 0.450 e. The van der Waals surface area contributed by atoms with Gasteiger partial charge in [0.1, 0.15) is 11.8 Å². The fourth-order valence-electron chi connectivity index (χ4n) is 3.75. The Labute approximate surface area is 198 Å². The molecule has 1 aliphatic rings. The lowest BCUT2D eigenvalue weighted by Gasteiger charge is -2.24. The summed E-state index contributed by atoms with van der Waals surface area (Å²) in [6.07, 6.45) is 2.75. The zero-order valence-electron chi connectivity index (χ0n) is 19.6. The third kappa shape index (κ3) is 5.89. The predicted octanol–water partition coefficient (Wildman–Crippen LogP) is 1.59. The maximum Gasteiger partial charge on any atom is 0.259 e. The molecule has 2 atom stereocenters. The molecular formula is C24H32N6O4. The van der Waals surface area contributed by atoms with Gasteiger partial charge in [0.05, 0.1) is 24.9 Å². The molecule has 0 spiro atoms. The van der Waals surface area contributed by atoms with Crippen LogP contribution in [-0.4, -0.2) is 62.2 Å². The van der Waals surface area contributed by atoms with E-state index >= 15 is 0 Å². The number of nitrogens with zero attached hydrogens (tertiary/aromatic N) is 4. The van der Waals surface area contributed by atoms with Gasteiger partial charge in [0.2, 0.25) is 5.91 Å². The molecule has 34 heavy (non-hydrogen) atoms. The van der Waals surface area contributed by atoms with E-state index in [0.717, 1.165) is 31.5 Å². The van der Waals surface area contributed by atoms with E-state index in [1.54, 1.807) is 36.6 Å². The number of fused-ring (bicyclic) bond motifs is 1. The van der Waals surface area contributed by atoms with Gasteiger partial charge in [-0.25, -0.2) is 4.90 Å². The number of ether oxygens (including phenoxy) is 2. The fraction of sp³-hybridized carbons (Fsp3) is 0.458. The van der Waals surface area contributed by atoms with Crippen LogP contribution < -0.4 is 15.8 Å². The fourth-order valence-corrected chi connectivity index (χ4v) is 3.75. The van der Waals surface area contributed by atoms with E-state index in [9.17, 15) is 9.90 Å². The highest BCUT2D eigenvalue weighted by molar-refractivity contribution is 5.85. The molecule has 182 valence electrons. The minimum absolute atomic E-state index is 0.166. The highest BCUT2D eigenvalue weighted by Gasteiger charge is 2.28. The van der Waals surface area contributed by atoms with E-state index in [1.807, 2.05) is 35.2 Å². The van der Waals surface area contributed by atoms with Crippen molar-refractivity contribution in [1.82, 2.24) is 24.8 Å². The van der Waals surface area contributed by atoms with Gasteiger partial charge < -0.3 is 25.6 Å². The first-order chi connectivity index (χ1) is 16.3. The van der Waals surface area contributed by atoms with E-state index in [1.165, 1.54) is 0 Å². The molecule has 10 nitrogen and oxygen atoms in total. The molecule has 0 bridgehead atoms. The van der Waals surface area contributed by atoms with Crippen LogP contribution in [0, 0.1) is 0 Å². The standard InChI is InChI=1S/C24H32N6O4/c1-24(2,25)22(31)26-19(16-33-15-17-8-4-3-5-9-17)21-28-27-20-11-10-18(14-30(20)21)34-23(32)29-12-6-7-13-29/h3-5,8-11,14,19,23,32H,6-7,12-13,15-16,25H2,1-2H3,(H,26,31)/t19-,23?/m1/s1. The lowest BCUT2D eigenvalue weighted by Crippen LogP contribution is -2.50. The lowest BCUT2D eigenvalue weighted by atomic mass is 10.1. The number of aromatic nitrogens is 3. The van der Waals surface area contributed by atoms with Crippen LogP contribution in [-0.2, 0) is 16.1 Å². The molecule has 2 aromatic heterocycles. The van der Waals surface area contributed by atoms with Gasteiger partial charge in [-0.15, -0.1) is 10.2 Å². The molecule has 1 fully saturated rings. The molecule has 4 rings (SSSR count). The highest BCUT2D eigenvalue weighted by Crippen LogP contribution is 2.21. The van der Waals surface area contributed by atoms with Crippen LogP contribution in [0.2, 0.25) is 0 Å². The average molecular weight is 469 g/mol. The maximum absolute atomic E-state index is 12.7. The minimum atomic E-state index is -1.08. The molecule has 1 unspecified atom stereocenters. The molecule has 0 radical (unpaired) electrons. The van der Waals surface area contributed by atoms with Crippen LogP contribution in [0.5, 0.6) is 5.75 Å². The summed E-state index contributed by atoms with van der Waals surface area (Å²) in [7, 11) is 0. The van der Waals surface area contributed by atoms with E-state index in [-0.39, 0.29) is 12.5 Å². The maximum atomic E-state index is 12.7. The molecule has 0 aliphatic carbocycles. The van der Waals surface area contributed by atoms with Crippen LogP contribution in [0.15, 0.2) is 48.7 Å². The molecule has 1 amide bonds. The monoisotopic (exact) mass is 468 g/mol. The average Bonchev–Trinajstić information content (AvgIpc) is 3.49. The zero-order chi connectivity index (χ0) is 24.1. The molecule has 1 aromatic carbocycles. The number of carbonyl (C=O) groups is 1. The number of likely N-dealkylation sites (tertiary alicyclic amines) is 1. The van der Waals surface area contributed by atoms with Crippen molar-refractivity contribution < 1.29 is 19.4 Å². The second-order valence-electron chi connectivity index (χ2n) is 9.09. The predicted molar refractivity (Wildman–Crippen MR) is 126 cm³/mol. The van der Waals surface area contributed by atoms with Gasteiger partial charge in [-0.2, -0.15) is 0 Å². The smallest absolute Gasteiger partial charge is 0.259 e. The summed E-state index contributed by atoms with van der Waals surface area (Å²) in [4.78, 5) is 14.6. The number of amides is 1. The number of hydrogen-bond donors (Lipinski definition) is 3. The van der Waals surface area contributed by atoms with Crippen molar-refractivity contribution in [1.29, 1.82) is 0 Å². The highest BCUT2D eigenvalue weighted by atomic mass is 16.6. The third-order valence-electron chi connectivity index (χ3n) is 5.69. The number of carbonyl (C=O) groups excluding carboxylic acids is 1. The van der Waals surface area contributed by atoms with Gasteiger partial charge in [-0.1, -0.05) is 30.3 Å². The summed E-state index contributed by atoms with van der Waals surface area (Å²) in [5.41, 5.74) is 6.52. The van der Waals surface area contributed by atoms with Gasteiger partial charge in [0.15, 0.2) is 11.5 Å². The summed E-state index contributed by atoms with van der Waals surface area (Å²) in [6.45, 7) is 5.41. The van der Waals surface area contributed by atoms with Crippen molar-refractivity contribution in [2.24, 2.45) is 5.73 Å². The molecule has 0 saturated carbocycles. The van der Waals surface area contributed by atoms with Crippen molar-refractivity contribution in [3.63, 3.8) is 0 Å².